The van der Waals surface area contributed by atoms with Crippen LogP contribution in [0.2, 0.25) is 0 Å². The monoisotopic (exact) mass is 579 g/mol. The number of ether oxygens (including phenoxy) is 1. The second-order valence-corrected chi connectivity index (χ2v) is 11.1. The minimum Gasteiger partial charge on any atom is -0.465 e. The van der Waals surface area contributed by atoms with E-state index in [1.165, 1.54) is 7.11 Å². The molecule has 0 radical (unpaired) electrons. The molecule has 6 aromatic rings. The van der Waals surface area contributed by atoms with Gasteiger partial charge >= 0.3 is 5.97 Å². The maximum Gasteiger partial charge on any atom is 0.338 e. The van der Waals surface area contributed by atoms with Crippen molar-refractivity contribution in [3.63, 3.8) is 0 Å². The number of hydrogen-bond acceptors (Lipinski definition) is 3. The Labute approximate surface area is 256 Å². The van der Waals surface area contributed by atoms with Crippen molar-refractivity contribution in [2.75, 3.05) is 7.11 Å². The molecule has 0 atom stereocenters. The van der Waals surface area contributed by atoms with Crippen LogP contribution in [0.3, 0.4) is 0 Å². The van der Waals surface area contributed by atoms with Crippen molar-refractivity contribution in [2.45, 2.75) is 26.2 Å². The average Bonchev–Trinajstić information content (AvgIpc) is 3.06. The van der Waals surface area contributed by atoms with Crippen LogP contribution < -0.4 is 18.3 Å². The topological polar surface area (TPSA) is 54.7 Å². The second kappa shape index (κ2) is 12.0. The van der Waals surface area contributed by atoms with Gasteiger partial charge < -0.3 is 4.74 Å². The number of carbonyl (C=O) groups excluding carboxylic acids is 1. The number of methoxy groups -OCH3 is 1. The molecule has 7 heteroatoms. The number of aromatic nitrogens is 5. The summed E-state index contributed by atoms with van der Waals surface area (Å²) in [5.74, 6) is -0.324. The summed E-state index contributed by atoms with van der Waals surface area (Å²) in [6.07, 6.45) is 16.6. The van der Waals surface area contributed by atoms with Gasteiger partial charge in [0.15, 0.2) is 75.8 Å². The lowest BCUT2D eigenvalue weighted by Gasteiger charge is -2.10. The Kier molecular flexibility index (Phi) is 7.42. The normalized spacial score (nSPS) is 12.4. The van der Waals surface area contributed by atoms with Crippen LogP contribution in [0.15, 0.2) is 135 Å². The fourth-order valence-electron chi connectivity index (χ4n) is 5.77. The number of pyridine rings is 5. The molecule has 7 aliphatic rings. The first-order valence-corrected chi connectivity index (χ1v) is 14.7. The van der Waals surface area contributed by atoms with E-state index in [-0.39, 0.29) is 5.97 Å². The van der Waals surface area contributed by atoms with Gasteiger partial charge in [-0.25, -0.2) is 18.9 Å². The summed E-state index contributed by atoms with van der Waals surface area (Å²) in [4.78, 5) is 18.0. The minimum absolute atomic E-state index is 0.324. The van der Waals surface area contributed by atoms with Crippen molar-refractivity contribution in [3.8, 4) is 22.3 Å². The van der Waals surface area contributed by atoms with Gasteiger partial charge in [0.2, 0.25) is 0 Å². The smallest absolute Gasteiger partial charge is 0.338 e. The summed E-state index contributed by atoms with van der Waals surface area (Å²) in [7, 11) is 1.44. The van der Waals surface area contributed by atoms with E-state index in [1.807, 2.05) is 18.2 Å². The zero-order chi connectivity index (χ0) is 29.9. The van der Waals surface area contributed by atoms with Crippen LogP contribution in [0.1, 0.15) is 32.9 Å². The number of hydrogen-bond donors (Lipinski definition) is 0. The minimum atomic E-state index is -0.324. The Balaban J connectivity index is 1.28. The fraction of sp³-hybridized carbons (Fsp3) is 0.135. The first kappa shape index (κ1) is 27.3. The van der Waals surface area contributed by atoms with Crippen molar-refractivity contribution in [3.05, 3.63) is 163 Å². The van der Waals surface area contributed by atoms with Crippen LogP contribution in [0.4, 0.5) is 0 Å². The van der Waals surface area contributed by atoms with Crippen molar-refractivity contribution < 1.29 is 27.8 Å². The molecule has 1 aromatic carbocycles. The molecule has 7 nitrogen and oxygen atoms in total. The second-order valence-electron chi connectivity index (χ2n) is 11.1. The van der Waals surface area contributed by atoms with Crippen LogP contribution >= 0.6 is 0 Å². The van der Waals surface area contributed by atoms with Gasteiger partial charge in [0.1, 0.15) is 11.4 Å². The van der Waals surface area contributed by atoms with Crippen LogP contribution in [0.25, 0.3) is 22.3 Å². The Bertz CT molecular complexity index is 1810. The Hall–Kier alpha value is -5.56. The molecule has 0 amide bonds. The molecule has 7 aliphatic heterocycles. The van der Waals surface area contributed by atoms with Crippen LogP contribution in [-0.4, -0.2) is 18.1 Å². The van der Waals surface area contributed by atoms with Gasteiger partial charge in [-0.2, -0.15) is 9.13 Å². The van der Waals surface area contributed by atoms with E-state index in [2.05, 4.69) is 135 Å². The van der Waals surface area contributed by atoms with Crippen LogP contribution in [0, 0.1) is 0 Å². The third kappa shape index (κ3) is 5.85. The number of carbonyl (C=O) groups is 1. The van der Waals surface area contributed by atoms with Crippen molar-refractivity contribution in [2.24, 2.45) is 0 Å². The quantitative estimate of drug-likeness (QED) is 0.219. The van der Waals surface area contributed by atoms with E-state index in [1.54, 1.807) is 0 Å². The number of nitrogens with zero attached hydrogens (tertiary/aromatic N) is 5. The zero-order valence-electron chi connectivity index (χ0n) is 24.6. The molecule has 214 valence electrons. The predicted molar refractivity (Wildman–Crippen MR) is 163 cm³/mol. The van der Waals surface area contributed by atoms with Gasteiger partial charge in [0.25, 0.3) is 0 Å². The van der Waals surface area contributed by atoms with E-state index in [0.29, 0.717) is 31.7 Å². The van der Waals surface area contributed by atoms with Gasteiger partial charge in [-0.15, -0.1) is 0 Å². The van der Waals surface area contributed by atoms with Crippen LogP contribution in [-0.2, 0) is 30.9 Å². The summed E-state index contributed by atoms with van der Waals surface area (Å²) in [5, 5.41) is 0. The molecular formula is C37H33N5O2+4. The van der Waals surface area contributed by atoms with Crippen molar-refractivity contribution in [1.29, 1.82) is 0 Å². The van der Waals surface area contributed by atoms with Crippen molar-refractivity contribution in [1.82, 2.24) is 4.98 Å². The van der Waals surface area contributed by atoms with E-state index in [4.69, 9.17) is 9.72 Å². The van der Waals surface area contributed by atoms with Crippen LogP contribution in [0.5, 0.6) is 0 Å². The maximum absolute atomic E-state index is 13.0. The Morgan fingerprint density at radius 2 is 0.864 bits per heavy atom. The molecule has 0 saturated carbocycles. The van der Waals surface area contributed by atoms with E-state index >= 15 is 0 Å². The lowest BCUT2D eigenvalue weighted by molar-refractivity contribution is -0.690. The highest BCUT2D eigenvalue weighted by Crippen LogP contribution is 2.20. The molecule has 0 unspecified atom stereocenters. The van der Waals surface area contributed by atoms with Gasteiger partial charge in [-0.1, -0.05) is 24.3 Å². The van der Waals surface area contributed by atoms with Gasteiger partial charge in [0.05, 0.1) is 12.7 Å². The molecule has 5 aromatic heterocycles. The fourth-order valence-corrected chi connectivity index (χ4v) is 5.77. The molecule has 0 saturated heterocycles. The number of benzene rings is 1. The summed E-state index contributed by atoms with van der Waals surface area (Å²) >= 11 is 0. The van der Waals surface area contributed by atoms with E-state index < -0.39 is 0 Å². The Morgan fingerprint density at radius 1 is 0.523 bits per heavy atom. The first-order chi connectivity index (χ1) is 21.6. The summed E-state index contributed by atoms with van der Waals surface area (Å²) in [6.45, 7) is 2.50. The number of esters is 1. The standard InChI is InChI=1S/C37H33N5O2/c1-44-37(43)36-32-4-2-5-33(36)25-40-18-10-29(11-19-40)31-14-22-42(23-15-31)27-35-7-3-6-34(38-35)26-41-20-12-30(13-21-41)28-8-16-39(24-32)17-9-28/h2-23H,24-27H2,1H3/q+4. The predicted octanol–water partition coefficient (Wildman–Crippen LogP) is 3.86. The summed E-state index contributed by atoms with van der Waals surface area (Å²) in [6, 6.07) is 29.2. The molecule has 0 N–H and O–H groups in total. The average molecular weight is 580 g/mol. The highest BCUT2D eigenvalue weighted by molar-refractivity contribution is 5.92. The third-order valence-corrected chi connectivity index (χ3v) is 8.12. The highest BCUT2D eigenvalue weighted by Gasteiger charge is 2.22. The van der Waals surface area contributed by atoms with Crippen molar-refractivity contribution >= 4 is 5.97 Å². The maximum atomic E-state index is 13.0. The van der Waals surface area contributed by atoms with Gasteiger partial charge in [-0.3, -0.25) is 0 Å². The Morgan fingerprint density at radius 3 is 1.23 bits per heavy atom. The molecule has 0 spiro atoms. The summed E-state index contributed by atoms with van der Waals surface area (Å²) in [5.41, 5.74) is 9.01. The SMILES string of the molecule is COC(=O)c1c2cccc1C[n+]1ccc(cc1)-c1cc[n+](cc1)Cc1cccc(n1)C[n+]1ccc(cc1)-c1cc[n+](cc1)C2. The number of rotatable bonds is 1. The molecule has 12 bridgehead atoms. The van der Waals surface area contributed by atoms with Gasteiger partial charge in [0, 0.05) is 59.7 Å². The van der Waals surface area contributed by atoms with Gasteiger partial charge in [-0.05, 0) is 34.4 Å². The van der Waals surface area contributed by atoms with E-state index in [0.717, 1.165) is 44.8 Å². The lowest BCUT2D eigenvalue weighted by atomic mass is 10.00. The third-order valence-electron chi connectivity index (χ3n) is 8.12. The summed E-state index contributed by atoms with van der Waals surface area (Å²) < 4.78 is 13.7. The molecule has 13 rings (SSSR count). The molecular weight excluding hydrogens is 546 g/mol. The lowest BCUT2D eigenvalue weighted by Crippen LogP contribution is -2.36. The highest BCUT2D eigenvalue weighted by atomic mass is 16.5. The van der Waals surface area contributed by atoms with E-state index in [9.17, 15) is 4.79 Å². The first-order valence-electron chi connectivity index (χ1n) is 14.7. The zero-order valence-corrected chi connectivity index (χ0v) is 24.6. The molecule has 0 aliphatic carbocycles. The molecule has 0 fully saturated rings. The molecule has 12 heterocycles. The largest absolute Gasteiger partial charge is 0.465 e. The molecule has 44 heavy (non-hydrogen) atoms.